The maximum Gasteiger partial charge on any atom is 0.270 e. The lowest BCUT2D eigenvalue weighted by atomic mass is 9.89. The monoisotopic (exact) mass is 437 g/mol. The minimum Gasteiger partial charge on any atom is -0.378 e. The van der Waals surface area contributed by atoms with Crippen molar-refractivity contribution in [2.45, 2.75) is 37.5 Å². The number of hydrogen-bond donors (Lipinski definition) is 1. The Morgan fingerprint density at radius 2 is 1.81 bits per heavy atom. The molecule has 2 aromatic carbocycles. The van der Waals surface area contributed by atoms with Crippen LogP contribution in [0.25, 0.3) is 10.6 Å². The third-order valence-corrected chi connectivity index (χ3v) is 6.93. The number of rotatable bonds is 5. The summed E-state index contributed by atoms with van der Waals surface area (Å²) in [5.41, 5.74) is 2.59. The summed E-state index contributed by atoms with van der Waals surface area (Å²) >= 11 is 1.49. The molecule has 0 saturated carbocycles. The first-order valence-corrected chi connectivity index (χ1v) is 11.4. The van der Waals surface area contributed by atoms with Crippen LogP contribution in [0.5, 0.6) is 0 Å². The first-order valence-electron chi connectivity index (χ1n) is 10.6. The fourth-order valence-corrected chi connectivity index (χ4v) is 5.32. The molecule has 3 aromatic rings. The van der Waals surface area contributed by atoms with Crippen LogP contribution in [0.4, 0.5) is 4.39 Å². The Kier molecular flexibility index (Phi) is 5.80. The number of carbonyl (C=O) groups excluding carboxylic acids is 1. The molecule has 31 heavy (non-hydrogen) atoms. The normalized spacial score (nSPS) is 23.5. The van der Waals surface area contributed by atoms with Gasteiger partial charge >= 0.3 is 0 Å². The number of halogens is 1. The van der Waals surface area contributed by atoms with Gasteiger partial charge in [0.15, 0.2) is 0 Å². The van der Waals surface area contributed by atoms with Gasteiger partial charge in [0.1, 0.15) is 16.5 Å². The molecule has 2 bridgehead atoms. The highest BCUT2D eigenvalue weighted by molar-refractivity contribution is 7.13. The average molecular weight is 438 g/mol. The summed E-state index contributed by atoms with van der Waals surface area (Å²) in [6.07, 6.45) is 1.66. The van der Waals surface area contributed by atoms with Gasteiger partial charge in [-0.1, -0.05) is 42.5 Å². The van der Waals surface area contributed by atoms with E-state index in [4.69, 9.17) is 4.74 Å². The molecule has 1 N–H and O–H groups in total. The predicted octanol–water partition coefficient (Wildman–Crippen LogP) is 4.11. The summed E-state index contributed by atoms with van der Waals surface area (Å²) in [5.74, 6) is -0.333. The molecular weight excluding hydrogens is 413 g/mol. The second-order valence-corrected chi connectivity index (χ2v) is 9.05. The maximum absolute atomic E-state index is 13.2. The van der Waals surface area contributed by atoms with Crippen molar-refractivity contribution < 1.29 is 13.9 Å². The topological polar surface area (TPSA) is 54.5 Å². The highest BCUT2D eigenvalue weighted by Gasteiger charge is 2.39. The molecule has 2 aliphatic rings. The number of nitrogens with zero attached hydrogens (tertiary/aromatic N) is 2. The summed E-state index contributed by atoms with van der Waals surface area (Å²) < 4.78 is 19.0. The lowest BCUT2D eigenvalue weighted by Crippen LogP contribution is -2.60. The average Bonchev–Trinajstić information content (AvgIpc) is 3.27. The number of hydrogen-bond acceptors (Lipinski definition) is 5. The van der Waals surface area contributed by atoms with Crippen LogP contribution in [-0.2, 0) is 11.3 Å². The Balaban J connectivity index is 1.23. The molecule has 3 atom stereocenters. The zero-order valence-corrected chi connectivity index (χ0v) is 17.9. The summed E-state index contributed by atoms with van der Waals surface area (Å²) in [6.45, 7) is 2.07. The van der Waals surface area contributed by atoms with Gasteiger partial charge in [0, 0.05) is 35.6 Å². The molecule has 2 fully saturated rings. The van der Waals surface area contributed by atoms with Crippen molar-refractivity contribution >= 4 is 17.2 Å². The molecule has 0 spiro atoms. The predicted molar refractivity (Wildman–Crippen MR) is 118 cm³/mol. The van der Waals surface area contributed by atoms with Gasteiger partial charge in [0.25, 0.3) is 5.91 Å². The molecule has 5 rings (SSSR count). The largest absolute Gasteiger partial charge is 0.378 e. The fourth-order valence-electron chi connectivity index (χ4n) is 4.52. The smallest absolute Gasteiger partial charge is 0.270 e. The zero-order chi connectivity index (χ0) is 21.2. The van der Waals surface area contributed by atoms with Crippen LogP contribution in [0.15, 0.2) is 60.0 Å². The number of aromatic nitrogens is 1. The van der Waals surface area contributed by atoms with Crippen LogP contribution >= 0.6 is 11.3 Å². The summed E-state index contributed by atoms with van der Waals surface area (Å²) in [6, 6.07) is 17.2. The number of thiazole rings is 1. The van der Waals surface area contributed by atoms with Crippen LogP contribution in [-0.4, -0.2) is 47.1 Å². The van der Waals surface area contributed by atoms with Gasteiger partial charge < -0.3 is 10.1 Å². The van der Waals surface area contributed by atoms with Crippen molar-refractivity contribution in [3.63, 3.8) is 0 Å². The number of morpholine rings is 1. The lowest BCUT2D eigenvalue weighted by Gasteiger charge is -2.48. The molecule has 1 aromatic heterocycles. The fraction of sp³-hybridized carbons (Fsp3) is 0.333. The minimum atomic E-state index is -0.217. The van der Waals surface area contributed by atoms with Crippen LogP contribution < -0.4 is 5.32 Å². The Morgan fingerprint density at radius 3 is 2.52 bits per heavy atom. The molecule has 0 unspecified atom stereocenters. The van der Waals surface area contributed by atoms with Crippen molar-refractivity contribution in [3.05, 3.63) is 77.1 Å². The minimum absolute atomic E-state index is 0.0951. The quantitative estimate of drug-likeness (QED) is 0.653. The third-order valence-electron chi connectivity index (χ3n) is 6.04. The van der Waals surface area contributed by atoms with Crippen molar-refractivity contribution in [3.8, 4) is 10.6 Å². The molecule has 7 heteroatoms. The van der Waals surface area contributed by atoms with Crippen molar-refractivity contribution in [1.82, 2.24) is 15.2 Å². The van der Waals surface area contributed by atoms with E-state index in [1.165, 1.54) is 23.5 Å². The van der Waals surface area contributed by atoms with E-state index in [2.05, 4.69) is 15.2 Å². The Morgan fingerprint density at radius 1 is 1.10 bits per heavy atom. The Bertz CT molecular complexity index is 1030. The van der Waals surface area contributed by atoms with E-state index in [9.17, 15) is 9.18 Å². The third kappa shape index (κ3) is 4.54. The van der Waals surface area contributed by atoms with Gasteiger partial charge in [0.05, 0.1) is 13.2 Å². The molecule has 2 saturated heterocycles. The second-order valence-electron chi connectivity index (χ2n) is 8.19. The number of piperidine rings is 1. The highest BCUT2D eigenvalue weighted by Crippen LogP contribution is 2.30. The van der Waals surface area contributed by atoms with E-state index in [1.54, 1.807) is 0 Å². The molecule has 0 aliphatic carbocycles. The SMILES string of the molecule is O=C(N[C@H]1C[C@H]2COC[C@@H](C1)N2Cc1ccc(F)cc1)c1csc(-c2ccccc2)n1. The number of amides is 1. The Labute approximate surface area is 184 Å². The molecule has 2 aliphatic heterocycles. The molecule has 3 heterocycles. The molecule has 160 valence electrons. The van der Waals surface area contributed by atoms with Gasteiger partial charge in [-0.3, -0.25) is 9.69 Å². The first kappa shape index (κ1) is 20.3. The van der Waals surface area contributed by atoms with Gasteiger partial charge in [-0.25, -0.2) is 9.37 Å². The Hall–Kier alpha value is -2.61. The number of fused-ring (bicyclic) bond motifs is 2. The van der Waals surface area contributed by atoms with Crippen molar-refractivity contribution in [2.75, 3.05) is 13.2 Å². The van der Waals surface area contributed by atoms with Gasteiger partial charge in [-0.2, -0.15) is 0 Å². The number of carbonyl (C=O) groups is 1. The van der Waals surface area contributed by atoms with Crippen molar-refractivity contribution in [1.29, 1.82) is 0 Å². The zero-order valence-electron chi connectivity index (χ0n) is 17.0. The summed E-state index contributed by atoms with van der Waals surface area (Å²) in [4.78, 5) is 19.8. The maximum atomic E-state index is 13.2. The highest BCUT2D eigenvalue weighted by atomic mass is 32.1. The first-order chi connectivity index (χ1) is 15.2. The van der Waals surface area contributed by atoms with Crippen LogP contribution in [0, 0.1) is 5.82 Å². The summed E-state index contributed by atoms with van der Waals surface area (Å²) in [5, 5.41) is 5.87. The van der Waals surface area contributed by atoms with Gasteiger partial charge in [0.2, 0.25) is 0 Å². The van der Waals surface area contributed by atoms with Crippen LogP contribution in [0.1, 0.15) is 28.9 Å². The summed E-state index contributed by atoms with van der Waals surface area (Å²) in [7, 11) is 0. The lowest BCUT2D eigenvalue weighted by molar-refractivity contribution is -0.0843. The van der Waals surface area contributed by atoms with Crippen LogP contribution in [0.3, 0.4) is 0 Å². The van der Waals surface area contributed by atoms with E-state index < -0.39 is 0 Å². The molecule has 0 radical (unpaired) electrons. The van der Waals surface area contributed by atoms with E-state index >= 15 is 0 Å². The van der Waals surface area contributed by atoms with E-state index in [1.807, 2.05) is 47.8 Å². The van der Waals surface area contributed by atoms with Crippen LogP contribution in [0.2, 0.25) is 0 Å². The van der Waals surface area contributed by atoms with Gasteiger partial charge in [-0.15, -0.1) is 11.3 Å². The van der Waals surface area contributed by atoms with E-state index in [0.29, 0.717) is 18.9 Å². The van der Waals surface area contributed by atoms with E-state index in [-0.39, 0.29) is 29.8 Å². The van der Waals surface area contributed by atoms with E-state index in [0.717, 1.165) is 35.5 Å². The van der Waals surface area contributed by atoms with Gasteiger partial charge in [-0.05, 0) is 30.5 Å². The van der Waals surface area contributed by atoms with Crippen molar-refractivity contribution in [2.24, 2.45) is 0 Å². The number of nitrogens with one attached hydrogen (secondary N) is 1. The number of ether oxygens (including phenoxy) is 1. The molecular formula is C24H24FN3O2S. The number of benzene rings is 2. The standard InChI is InChI=1S/C24H24FN3O2S/c25-18-8-6-16(7-9-18)12-28-20-10-19(11-21(28)14-30-13-20)26-23(29)22-15-31-24(27-22)17-4-2-1-3-5-17/h1-9,15,19-21H,10-14H2,(H,26,29)/t19-,20-,21+. The second kappa shape index (κ2) is 8.86. The molecule has 1 amide bonds. The molecule has 5 nitrogen and oxygen atoms in total.